The molecule has 0 aromatic heterocycles. The van der Waals surface area contributed by atoms with Gasteiger partial charge in [-0.2, -0.15) is 9.57 Å². The SMILES string of the molecule is COc1cccc(CN2CCN(S(=O)(=O)c3ccccc3C#N)CC2)c1. The number of piperazine rings is 1. The summed E-state index contributed by atoms with van der Waals surface area (Å²) in [5.74, 6) is 0.817. The number of hydrogen-bond donors (Lipinski definition) is 0. The summed E-state index contributed by atoms with van der Waals surface area (Å²) in [5.41, 5.74) is 1.32. The van der Waals surface area contributed by atoms with Crippen LogP contribution < -0.4 is 4.74 Å². The van der Waals surface area contributed by atoms with Crippen LogP contribution in [0.5, 0.6) is 5.75 Å². The Morgan fingerprint density at radius 3 is 2.50 bits per heavy atom. The lowest BCUT2D eigenvalue weighted by Gasteiger charge is -2.34. The highest BCUT2D eigenvalue weighted by Gasteiger charge is 2.30. The number of nitrogens with zero attached hydrogens (tertiary/aromatic N) is 3. The van der Waals surface area contributed by atoms with Crippen LogP contribution in [0.25, 0.3) is 0 Å². The first-order chi connectivity index (χ1) is 12.5. The molecule has 136 valence electrons. The van der Waals surface area contributed by atoms with Gasteiger partial charge in [-0.05, 0) is 29.8 Å². The van der Waals surface area contributed by atoms with Crippen molar-refractivity contribution in [2.75, 3.05) is 33.3 Å². The second kappa shape index (κ2) is 7.87. The van der Waals surface area contributed by atoms with Gasteiger partial charge in [0.05, 0.1) is 17.6 Å². The van der Waals surface area contributed by atoms with Crippen molar-refractivity contribution in [3.05, 3.63) is 59.7 Å². The zero-order valence-corrected chi connectivity index (χ0v) is 15.4. The molecule has 1 aliphatic rings. The first-order valence-electron chi connectivity index (χ1n) is 8.39. The minimum absolute atomic E-state index is 0.0868. The molecule has 0 N–H and O–H groups in total. The van der Waals surface area contributed by atoms with E-state index in [4.69, 9.17) is 4.74 Å². The highest BCUT2D eigenvalue weighted by atomic mass is 32.2. The van der Waals surface area contributed by atoms with Gasteiger partial charge in [-0.3, -0.25) is 4.90 Å². The zero-order valence-electron chi connectivity index (χ0n) is 14.6. The summed E-state index contributed by atoms with van der Waals surface area (Å²) >= 11 is 0. The van der Waals surface area contributed by atoms with E-state index < -0.39 is 10.0 Å². The predicted molar refractivity (Wildman–Crippen MR) is 98.2 cm³/mol. The van der Waals surface area contributed by atoms with Gasteiger partial charge in [0.25, 0.3) is 0 Å². The molecule has 6 nitrogen and oxygen atoms in total. The molecule has 3 rings (SSSR count). The number of methoxy groups -OCH3 is 1. The quantitative estimate of drug-likeness (QED) is 0.804. The van der Waals surface area contributed by atoms with Crippen LogP contribution in [-0.4, -0.2) is 50.9 Å². The third kappa shape index (κ3) is 3.88. The maximum absolute atomic E-state index is 12.9. The van der Waals surface area contributed by atoms with E-state index >= 15 is 0 Å². The fraction of sp³-hybridized carbons (Fsp3) is 0.316. The topological polar surface area (TPSA) is 73.6 Å². The summed E-state index contributed by atoms with van der Waals surface area (Å²) in [5, 5.41) is 9.18. The number of nitriles is 1. The van der Waals surface area contributed by atoms with Gasteiger partial charge in [-0.15, -0.1) is 0 Å². The molecule has 0 spiro atoms. The molecule has 1 heterocycles. The average molecular weight is 371 g/mol. The third-order valence-electron chi connectivity index (χ3n) is 4.50. The van der Waals surface area contributed by atoms with E-state index in [2.05, 4.69) is 4.90 Å². The summed E-state index contributed by atoms with van der Waals surface area (Å²) < 4.78 is 32.4. The summed E-state index contributed by atoms with van der Waals surface area (Å²) in [7, 11) is -2.01. The molecular formula is C19H21N3O3S. The van der Waals surface area contributed by atoms with E-state index in [1.165, 1.54) is 16.4 Å². The molecular weight excluding hydrogens is 350 g/mol. The first kappa shape index (κ1) is 18.4. The van der Waals surface area contributed by atoms with Crippen LogP contribution >= 0.6 is 0 Å². The number of ether oxygens (including phenoxy) is 1. The highest BCUT2D eigenvalue weighted by molar-refractivity contribution is 7.89. The van der Waals surface area contributed by atoms with Crippen LogP contribution in [0.4, 0.5) is 0 Å². The van der Waals surface area contributed by atoms with E-state index in [-0.39, 0.29) is 10.5 Å². The van der Waals surface area contributed by atoms with Gasteiger partial charge >= 0.3 is 0 Å². The lowest BCUT2D eigenvalue weighted by Crippen LogP contribution is -2.48. The third-order valence-corrected chi connectivity index (χ3v) is 6.45. The van der Waals surface area contributed by atoms with Crippen LogP contribution in [0.1, 0.15) is 11.1 Å². The van der Waals surface area contributed by atoms with Gasteiger partial charge in [0.1, 0.15) is 11.8 Å². The fourth-order valence-electron chi connectivity index (χ4n) is 3.08. The van der Waals surface area contributed by atoms with Crippen molar-refractivity contribution in [2.24, 2.45) is 0 Å². The summed E-state index contributed by atoms with van der Waals surface area (Å²) in [6, 6.07) is 16.2. The molecule has 26 heavy (non-hydrogen) atoms. The molecule has 1 saturated heterocycles. The van der Waals surface area contributed by atoms with E-state index in [1.54, 1.807) is 19.2 Å². The first-order valence-corrected chi connectivity index (χ1v) is 9.83. The predicted octanol–water partition coefficient (Wildman–Crippen LogP) is 2.07. The van der Waals surface area contributed by atoms with Crippen LogP contribution in [0.15, 0.2) is 53.4 Å². The van der Waals surface area contributed by atoms with Crippen molar-refractivity contribution in [2.45, 2.75) is 11.4 Å². The molecule has 0 saturated carbocycles. The van der Waals surface area contributed by atoms with Crippen molar-refractivity contribution in [3.63, 3.8) is 0 Å². The van der Waals surface area contributed by atoms with Crippen LogP contribution in [-0.2, 0) is 16.6 Å². The second-order valence-corrected chi connectivity index (χ2v) is 8.05. The number of sulfonamides is 1. The number of rotatable bonds is 5. The van der Waals surface area contributed by atoms with E-state index in [9.17, 15) is 13.7 Å². The van der Waals surface area contributed by atoms with Crippen molar-refractivity contribution < 1.29 is 13.2 Å². The molecule has 0 amide bonds. The zero-order chi connectivity index (χ0) is 18.6. The summed E-state index contributed by atoms with van der Waals surface area (Å²) in [6.45, 7) is 2.86. The Bertz CT molecular complexity index is 914. The molecule has 1 fully saturated rings. The van der Waals surface area contributed by atoms with Crippen LogP contribution in [0.2, 0.25) is 0 Å². The summed E-state index contributed by atoms with van der Waals surface area (Å²) in [4.78, 5) is 2.31. The van der Waals surface area contributed by atoms with Crippen LogP contribution in [0, 0.1) is 11.3 Å². The lowest BCUT2D eigenvalue weighted by atomic mass is 10.2. The van der Waals surface area contributed by atoms with E-state index in [0.29, 0.717) is 26.2 Å². The Balaban J connectivity index is 1.67. The Morgan fingerprint density at radius 1 is 1.08 bits per heavy atom. The van der Waals surface area contributed by atoms with Crippen LogP contribution in [0.3, 0.4) is 0 Å². The summed E-state index contributed by atoms with van der Waals surface area (Å²) in [6.07, 6.45) is 0. The molecule has 0 radical (unpaired) electrons. The highest BCUT2D eigenvalue weighted by Crippen LogP contribution is 2.22. The average Bonchev–Trinajstić information content (AvgIpc) is 2.68. The monoisotopic (exact) mass is 371 g/mol. The maximum Gasteiger partial charge on any atom is 0.244 e. The van der Waals surface area contributed by atoms with Gasteiger partial charge < -0.3 is 4.74 Å². The molecule has 0 unspecified atom stereocenters. The Labute approximate surface area is 154 Å². The number of hydrogen-bond acceptors (Lipinski definition) is 5. The van der Waals surface area contributed by atoms with E-state index in [0.717, 1.165) is 17.9 Å². The van der Waals surface area contributed by atoms with Gasteiger partial charge in [-0.25, -0.2) is 8.42 Å². The molecule has 2 aromatic rings. The normalized spacial score (nSPS) is 16.2. The lowest BCUT2D eigenvalue weighted by molar-refractivity contribution is 0.181. The van der Waals surface area contributed by atoms with Crippen molar-refractivity contribution in [3.8, 4) is 11.8 Å². The standard InChI is InChI=1S/C19H21N3O3S/c1-25-18-7-4-5-16(13-18)15-21-9-11-22(12-10-21)26(23,24)19-8-3-2-6-17(19)14-20/h2-8,13H,9-12,15H2,1H3. The van der Waals surface area contributed by atoms with Gasteiger partial charge in [0.15, 0.2) is 0 Å². The second-order valence-electron chi connectivity index (χ2n) is 6.14. The maximum atomic E-state index is 12.9. The van der Waals surface area contributed by atoms with Crippen molar-refractivity contribution >= 4 is 10.0 Å². The minimum Gasteiger partial charge on any atom is -0.497 e. The minimum atomic E-state index is -3.65. The van der Waals surface area contributed by atoms with Gasteiger partial charge in [0.2, 0.25) is 10.0 Å². The molecule has 0 aliphatic carbocycles. The largest absolute Gasteiger partial charge is 0.497 e. The van der Waals surface area contributed by atoms with Gasteiger partial charge in [-0.1, -0.05) is 24.3 Å². The van der Waals surface area contributed by atoms with Gasteiger partial charge in [0, 0.05) is 32.7 Å². The molecule has 1 aliphatic heterocycles. The molecule has 0 atom stereocenters. The molecule has 7 heteroatoms. The molecule has 2 aromatic carbocycles. The van der Waals surface area contributed by atoms with Crippen molar-refractivity contribution in [1.82, 2.24) is 9.21 Å². The van der Waals surface area contributed by atoms with Crippen molar-refractivity contribution in [1.29, 1.82) is 5.26 Å². The van der Waals surface area contributed by atoms with E-state index in [1.807, 2.05) is 30.3 Å². The Hall–Kier alpha value is -2.40. The Morgan fingerprint density at radius 2 is 1.81 bits per heavy atom. The number of benzene rings is 2. The Kier molecular flexibility index (Phi) is 5.57. The molecule has 0 bridgehead atoms. The fourth-order valence-corrected chi connectivity index (χ4v) is 4.64. The smallest absolute Gasteiger partial charge is 0.244 e.